The third kappa shape index (κ3) is 6.40. The van der Waals surface area contributed by atoms with Crippen LogP contribution in [-0.4, -0.2) is 33.0 Å². The Morgan fingerprint density at radius 2 is 2.13 bits per heavy atom. The molecule has 0 heterocycles. The van der Waals surface area contributed by atoms with Crippen LogP contribution in [0.2, 0.25) is 0 Å². The second-order valence-corrected chi connectivity index (χ2v) is 7.50. The Balaban J connectivity index is 4.15. The smallest absolute Gasteiger partial charge is 0.236 e. The van der Waals surface area contributed by atoms with Gasteiger partial charge in [0.2, 0.25) is 5.91 Å². The van der Waals surface area contributed by atoms with Crippen molar-refractivity contribution in [3.8, 4) is 0 Å². The second-order valence-electron chi connectivity index (χ2n) is 3.40. The quantitative estimate of drug-likeness (QED) is 0.727. The Bertz CT molecular complexity index is 231. The van der Waals surface area contributed by atoms with Gasteiger partial charge in [0.1, 0.15) is 3.53 Å². The summed E-state index contributed by atoms with van der Waals surface area (Å²) < 4.78 is 0.335. The number of quaternary nitrogens is 1. The molecule has 0 saturated carbocycles. The first-order valence-corrected chi connectivity index (χ1v) is 7.08. The SMILES string of the molecule is CCSC(=S)SC(C)(C)C(=O)NCC[NH3+]. The van der Waals surface area contributed by atoms with E-state index in [1.54, 1.807) is 11.8 Å². The molecular formula is C9H19N2OS3+. The lowest BCUT2D eigenvalue weighted by atomic mass is 10.2. The van der Waals surface area contributed by atoms with E-state index in [1.165, 1.54) is 11.8 Å². The summed E-state index contributed by atoms with van der Waals surface area (Å²) in [6.45, 7) is 7.15. The Morgan fingerprint density at radius 3 is 2.60 bits per heavy atom. The van der Waals surface area contributed by atoms with Gasteiger partial charge in [-0.3, -0.25) is 4.79 Å². The molecule has 0 aromatic rings. The van der Waals surface area contributed by atoms with Crippen molar-refractivity contribution in [3.05, 3.63) is 0 Å². The zero-order valence-corrected chi connectivity index (χ0v) is 11.9. The summed E-state index contributed by atoms with van der Waals surface area (Å²) in [6, 6.07) is 0. The minimum atomic E-state index is -0.492. The summed E-state index contributed by atoms with van der Waals surface area (Å²) in [5.74, 6) is 0.970. The van der Waals surface area contributed by atoms with E-state index < -0.39 is 4.75 Å². The number of carbonyl (C=O) groups excluding carboxylic acids is 1. The molecule has 0 aliphatic heterocycles. The summed E-state index contributed by atoms with van der Waals surface area (Å²) in [7, 11) is 0. The monoisotopic (exact) mass is 267 g/mol. The van der Waals surface area contributed by atoms with Crippen molar-refractivity contribution in [1.82, 2.24) is 5.32 Å². The summed E-state index contributed by atoms with van der Waals surface area (Å²) in [6.07, 6.45) is 0. The highest BCUT2D eigenvalue weighted by atomic mass is 32.2. The Hall–Kier alpha value is 0.220. The minimum absolute atomic E-state index is 0.0233. The lowest BCUT2D eigenvalue weighted by molar-refractivity contribution is -0.364. The van der Waals surface area contributed by atoms with Gasteiger partial charge < -0.3 is 11.1 Å². The molecule has 1 amide bonds. The lowest BCUT2D eigenvalue weighted by Gasteiger charge is -2.22. The van der Waals surface area contributed by atoms with Gasteiger partial charge in [-0.15, -0.1) is 11.8 Å². The number of nitrogens with one attached hydrogen (secondary N) is 1. The first-order valence-electron chi connectivity index (χ1n) is 4.87. The molecule has 0 spiro atoms. The fourth-order valence-corrected chi connectivity index (χ4v) is 3.83. The largest absolute Gasteiger partial charge is 0.356 e. The molecule has 0 radical (unpaired) electrons. The lowest BCUT2D eigenvalue weighted by Crippen LogP contribution is -2.56. The van der Waals surface area contributed by atoms with Gasteiger partial charge in [0, 0.05) is 0 Å². The van der Waals surface area contributed by atoms with Crippen LogP contribution in [-0.2, 0) is 4.79 Å². The fraction of sp³-hybridized carbons (Fsp3) is 0.778. The van der Waals surface area contributed by atoms with Crippen LogP contribution in [0.1, 0.15) is 20.8 Å². The van der Waals surface area contributed by atoms with Gasteiger partial charge in [-0.1, -0.05) is 30.9 Å². The molecule has 3 nitrogen and oxygen atoms in total. The van der Waals surface area contributed by atoms with Crippen molar-refractivity contribution >= 4 is 45.2 Å². The van der Waals surface area contributed by atoms with E-state index in [-0.39, 0.29) is 5.91 Å². The van der Waals surface area contributed by atoms with E-state index in [0.29, 0.717) is 13.1 Å². The molecular weight excluding hydrogens is 248 g/mol. The molecule has 6 heteroatoms. The van der Waals surface area contributed by atoms with Crippen molar-refractivity contribution in [2.75, 3.05) is 18.8 Å². The topological polar surface area (TPSA) is 56.7 Å². The summed E-state index contributed by atoms with van der Waals surface area (Å²) in [5.41, 5.74) is 3.68. The highest BCUT2D eigenvalue weighted by Gasteiger charge is 2.29. The van der Waals surface area contributed by atoms with Crippen molar-refractivity contribution in [3.63, 3.8) is 0 Å². The number of amides is 1. The van der Waals surface area contributed by atoms with E-state index in [0.717, 1.165) is 9.28 Å². The summed E-state index contributed by atoms with van der Waals surface area (Å²) in [4.78, 5) is 11.7. The van der Waals surface area contributed by atoms with Crippen molar-refractivity contribution in [1.29, 1.82) is 0 Å². The maximum atomic E-state index is 11.7. The number of carbonyl (C=O) groups is 1. The molecule has 0 aliphatic rings. The fourth-order valence-electron chi connectivity index (χ4n) is 0.817. The van der Waals surface area contributed by atoms with Crippen molar-refractivity contribution < 1.29 is 10.5 Å². The average Bonchev–Trinajstić information content (AvgIpc) is 2.13. The van der Waals surface area contributed by atoms with Gasteiger partial charge in [-0.2, -0.15) is 0 Å². The predicted octanol–water partition coefficient (Wildman–Crippen LogP) is 0.894. The van der Waals surface area contributed by atoms with Gasteiger partial charge >= 0.3 is 0 Å². The molecule has 0 bridgehead atoms. The molecule has 0 aliphatic carbocycles. The van der Waals surface area contributed by atoms with Crippen LogP contribution in [0.5, 0.6) is 0 Å². The van der Waals surface area contributed by atoms with Gasteiger partial charge in [0.05, 0.1) is 17.8 Å². The Morgan fingerprint density at radius 1 is 1.53 bits per heavy atom. The molecule has 0 fully saturated rings. The number of rotatable bonds is 5. The second kappa shape index (κ2) is 7.49. The summed E-state index contributed by atoms with van der Waals surface area (Å²) >= 11 is 8.22. The molecule has 0 saturated heterocycles. The van der Waals surface area contributed by atoms with Crippen LogP contribution in [0.3, 0.4) is 0 Å². The molecule has 0 aromatic carbocycles. The predicted molar refractivity (Wildman–Crippen MR) is 73.2 cm³/mol. The number of hydrogen-bond acceptors (Lipinski definition) is 4. The Kier molecular flexibility index (Phi) is 7.60. The zero-order valence-electron chi connectivity index (χ0n) is 9.46. The standard InChI is InChI=1S/C9H18N2OS3/c1-4-14-8(13)15-9(2,3)7(12)11-6-5-10/h4-6,10H2,1-3H3,(H,11,12)/p+1. The van der Waals surface area contributed by atoms with Crippen LogP contribution >= 0.6 is 35.7 Å². The first kappa shape index (κ1) is 15.2. The average molecular weight is 267 g/mol. The van der Waals surface area contributed by atoms with Crippen molar-refractivity contribution in [2.24, 2.45) is 0 Å². The van der Waals surface area contributed by atoms with Crippen LogP contribution in [0.4, 0.5) is 0 Å². The van der Waals surface area contributed by atoms with Crippen molar-refractivity contribution in [2.45, 2.75) is 25.5 Å². The van der Waals surface area contributed by atoms with Gasteiger partial charge in [-0.25, -0.2) is 0 Å². The number of thiocarbonyl (C=S) groups is 1. The molecule has 0 aromatic heterocycles. The maximum Gasteiger partial charge on any atom is 0.236 e. The van der Waals surface area contributed by atoms with E-state index in [9.17, 15) is 4.79 Å². The van der Waals surface area contributed by atoms with E-state index in [2.05, 4.69) is 11.1 Å². The molecule has 0 unspecified atom stereocenters. The minimum Gasteiger partial charge on any atom is -0.356 e. The van der Waals surface area contributed by atoms with E-state index in [1.807, 2.05) is 20.8 Å². The molecule has 0 rings (SSSR count). The first-order chi connectivity index (χ1) is 6.94. The normalized spacial score (nSPS) is 11.2. The number of thioether (sulfide) groups is 2. The van der Waals surface area contributed by atoms with E-state index >= 15 is 0 Å². The highest BCUT2D eigenvalue weighted by molar-refractivity contribution is 8.47. The molecule has 4 N–H and O–H groups in total. The molecule has 0 atom stereocenters. The van der Waals surface area contributed by atoms with Crippen LogP contribution < -0.4 is 11.1 Å². The Labute approximate surface area is 105 Å². The maximum absolute atomic E-state index is 11.7. The van der Waals surface area contributed by atoms with E-state index in [4.69, 9.17) is 12.2 Å². The van der Waals surface area contributed by atoms with Crippen LogP contribution in [0, 0.1) is 0 Å². The molecule has 88 valence electrons. The van der Waals surface area contributed by atoms with Gasteiger partial charge in [0.15, 0.2) is 0 Å². The van der Waals surface area contributed by atoms with Gasteiger partial charge in [-0.05, 0) is 19.6 Å². The third-order valence-corrected chi connectivity index (χ3v) is 4.20. The van der Waals surface area contributed by atoms with Gasteiger partial charge in [0.25, 0.3) is 0 Å². The van der Waals surface area contributed by atoms with Crippen LogP contribution in [0.15, 0.2) is 0 Å². The summed E-state index contributed by atoms with van der Waals surface area (Å²) in [5, 5.41) is 2.83. The number of hydrogen-bond donors (Lipinski definition) is 2. The van der Waals surface area contributed by atoms with Crippen LogP contribution in [0.25, 0.3) is 0 Å². The third-order valence-electron chi connectivity index (χ3n) is 1.61. The highest BCUT2D eigenvalue weighted by Crippen LogP contribution is 2.30. The molecule has 15 heavy (non-hydrogen) atoms. The zero-order chi connectivity index (χ0) is 11.9.